The highest BCUT2D eigenvalue weighted by molar-refractivity contribution is 7.71. The molecule has 1 heterocycles. The van der Waals surface area contributed by atoms with Crippen LogP contribution in [0.4, 0.5) is 0 Å². The van der Waals surface area contributed by atoms with Crippen LogP contribution in [0.2, 0.25) is 0 Å². The lowest BCUT2D eigenvalue weighted by Crippen LogP contribution is -2.29. The van der Waals surface area contributed by atoms with Gasteiger partial charge in [0.15, 0.2) is 10.6 Å². The maximum absolute atomic E-state index is 5.68. The van der Waals surface area contributed by atoms with E-state index in [1.165, 1.54) is 18.4 Å². The first kappa shape index (κ1) is 19.7. The summed E-state index contributed by atoms with van der Waals surface area (Å²) in [7, 11) is 5.32. The van der Waals surface area contributed by atoms with Gasteiger partial charge < -0.3 is 14.0 Å². The number of hydrogen-bond donors (Lipinski definition) is 0. The molecule has 0 bridgehead atoms. The van der Waals surface area contributed by atoms with E-state index >= 15 is 0 Å². The van der Waals surface area contributed by atoms with Crippen molar-refractivity contribution in [2.45, 2.75) is 32.1 Å². The summed E-state index contributed by atoms with van der Waals surface area (Å²) in [6.45, 7) is 1.55. The van der Waals surface area contributed by atoms with Crippen LogP contribution in [0.25, 0.3) is 11.4 Å². The zero-order chi connectivity index (χ0) is 20.4. The number of rotatable bonds is 8. The summed E-state index contributed by atoms with van der Waals surface area (Å²) in [4.78, 5) is 2.45. The lowest BCUT2D eigenvalue weighted by Gasteiger charge is -2.22. The van der Waals surface area contributed by atoms with Gasteiger partial charge in [0.05, 0.1) is 20.9 Å². The van der Waals surface area contributed by atoms with Crippen molar-refractivity contribution in [2.75, 3.05) is 14.2 Å². The molecule has 6 nitrogen and oxygen atoms in total. The molecule has 29 heavy (non-hydrogen) atoms. The molecule has 1 aliphatic carbocycles. The molecule has 0 radical (unpaired) electrons. The standard InChI is InChI=1S/C22H26N4O2S/c1-24-21(17-6-12-20(28-3)13-7-17)23-26(22(24)29)15-25(18-8-9-18)14-16-4-10-19(27-2)11-5-16/h4-7,10-13,18H,8-9,14-15H2,1-3H3. The molecule has 1 aromatic heterocycles. The van der Waals surface area contributed by atoms with E-state index in [4.69, 9.17) is 26.8 Å². The molecule has 1 saturated carbocycles. The van der Waals surface area contributed by atoms with Crippen LogP contribution >= 0.6 is 12.2 Å². The smallest absolute Gasteiger partial charge is 0.199 e. The minimum Gasteiger partial charge on any atom is -0.497 e. The molecular formula is C22H26N4O2S. The number of methoxy groups -OCH3 is 2. The van der Waals surface area contributed by atoms with E-state index in [0.717, 1.165) is 34.2 Å². The van der Waals surface area contributed by atoms with Crippen LogP contribution in [0, 0.1) is 4.77 Å². The zero-order valence-electron chi connectivity index (χ0n) is 17.0. The predicted octanol–water partition coefficient (Wildman–Crippen LogP) is 4.26. The van der Waals surface area contributed by atoms with Crippen LogP contribution in [0.5, 0.6) is 11.5 Å². The monoisotopic (exact) mass is 410 g/mol. The largest absolute Gasteiger partial charge is 0.497 e. The second-order valence-corrected chi connectivity index (χ2v) is 7.73. The molecule has 0 atom stereocenters. The Hall–Kier alpha value is -2.64. The van der Waals surface area contributed by atoms with Crippen molar-refractivity contribution in [2.24, 2.45) is 7.05 Å². The molecule has 4 rings (SSSR count). The number of ether oxygens (including phenoxy) is 2. The molecule has 2 aromatic carbocycles. The van der Waals surface area contributed by atoms with Crippen LogP contribution in [-0.2, 0) is 20.3 Å². The van der Waals surface area contributed by atoms with E-state index in [2.05, 4.69) is 17.0 Å². The van der Waals surface area contributed by atoms with Crippen molar-refractivity contribution >= 4 is 12.2 Å². The van der Waals surface area contributed by atoms with E-state index < -0.39 is 0 Å². The van der Waals surface area contributed by atoms with E-state index in [9.17, 15) is 0 Å². The molecule has 0 spiro atoms. The van der Waals surface area contributed by atoms with Gasteiger partial charge in [-0.05, 0) is 67.0 Å². The molecule has 0 N–H and O–H groups in total. The highest BCUT2D eigenvalue weighted by Crippen LogP contribution is 2.29. The maximum Gasteiger partial charge on any atom is 0.199 e. The van der Waals surface area contributed by atoms with Crippen molar-refractivity contribution in [3.63, 3.8) is 0 Å². The first-order valence-electron chi connectivity index (χ1n) is 9.74. The second kappa shape index (κ2) is 8.39. The third-order valence-electron chi connectivity index (χ3n) is 5.31. The average molecular weight is 411 g/mol. The summed E-state index contributed by atoms with van der Waals surface area (Å²) in [6, 6.07) is 16.7. The normalized spacial score (nSPS) is 13.7. The van der Waals surface area contributed by atoms with Gasteiger partial charge in [0.1, 0.15) is 11.5 Å². The topological polar surface area (TPSA) is 44.4 Å². The molecule has 0 saturated heterocycles. The summed E-state index contributed by atoms with van der Waals surface area (Å²) < 4.78 is 15.1. The minimum atomic E-state index is 0.588. The third kappa shape index (κ3) is 4.36. The Kier molecular flexibility index (Phi) is 5.69. The number of benzene rings is 2. The molecule has 1 fully saturated rings. The highest BCUT2D eigenvalue weighted by atomic mass is 32.1. The van der Waals surface area contributed by atoms with Gasteiger partial charge in [0, 0.05) is 25.2 Å². The Morgan fingerprint density at radius 3 is 2.14 bits per heavy atom. The SMILES string of the molecule is COc1ccc(CN(Cn2nc(-c3ccc(OC)cc3)n(C)c2=S)C2CC2)cc1. The molecule has 0 amide bonds. The molecular weight excluding hydrogens is 384 g/mol. The van der Waals surface area contributed by atoms with Crippen molar-refractivity contribution < 1.29 is 9.47 Å². The fourth-order valence-corrected chi connectivity index (χ4v) is 3.63. The fourth-order valence-electron chi connectivity index (χ4n) is 3.44. The molecule has 3 aromatic rings. The Labute approximate surface area is 176 Å². The Balaban J connectivity index is 1.55. The van der Waals surface area contributed by atoms with Crippen LogP contribution in [-0.4, -0.2) is 39.5 Å². The van der Waals surface area contributed by atoms with E-state index in [1.807, 2.05) is 52.7 Å². The summed E-state index contributed by atoms with van der Waals surface area (Å²) in [6.07, 6.45) is 2.45. The highest BCUT2D eigenvalue weighted by Gasteiger charge is 2.29. The summed E-state index contributed by atoms with van der Waals surface area (Å²) in [5.74, 6) is 2.56. The second-order valence-electron chi connectivity index (χ2n) is 7.36. The van der Waals surface area contributed by atoms with Gasteiger partial charge >= 0.3 is 0 Å². The average Bonchev–Trinajstić information content (AvgIpc) is 3.57. The molecule has 152 valence electrons. The third-order valence-corrected chi connectivity index (χ3v) is 5.80. The van der Waals surface area contributed by atoms with Gasteiger partial charge in [0.2, 0.25) is 0 Å². The van der Waals surface area contributed by atoms with Crippen molar-refractivity contribution in [3.8, 4) is 22.9 Å². The Bertz CT molecular complexity index is 1020. The van der Waals surface area contributed by atoms with Crippen molar-refractivity contribution in [1.29, 1.82) is 0 Å². The van der Waals surface area contributed by atoms with Gasteiger partial charge in [-0.25, -0.2) is 4.68 Å². The molecule has 0 aliphatic heterocycles. The van der Waals surface area contributed by atoms with Gasteiger partial charge in [-0.1, -0.05) is 12.1 Å². The van der Waals surface area contributed by atoms with Gasteiger partial charge in [-0.3, -0.25) is 4.90 Å². The summed E-state index contributed by atoms with van der Waals surface area (Å²) >= 11 is 5.68. The van der Waals surface area contributed by atoms with Gasteiger partial charge in [-0.15, -0.1) is 0 Å². The number of hydrogen-bond acceptors (Lipinski definition) is 5. The first-order valence-corrected chi connectivity index (χ1v) is 10.1. The first-order chi connectivity index (χ1) is 14.1. The van der Waals surface area contributed by atoms with Crippen molar-refractivity contribution in [1.82, 2.24) is 19.2 Å². The van der Waals surface area contributed by atoms with Crippen LogP contribution in [0.3, 0.4) is 0 Å². The van der Waals surface area contributed by atoms with Crippen LogP contribution in [0.1, 0.15) is 18.4 Å². The maximum atomic E-state index is 5.68. The van der Waals surface area contributed by atoms with Crippen molar-refractivity contribution in [3.05, 3.63) is 58.9 Å². The van der Waals surface area contributed by atoms with Gasteiger partial charge in [-0.2, -0.15) is 5.10 Å². The fraction of sp³-hybridized carbons (Fsp3) is 0.364. The summed E-state index contributed by atoms with van der Waals surface area (Å²) in [5.41, 5.74) is 2.28. The van der Waals surface area contributed by atoms with Crippen LogP contribution < -0.4 is 9.47 Å². The Morgan fingerprint density at radius 2 is 1.59 bits per heavy atom. The van der Waals surface area contributed by atoms with Gasteiger partial charge in [0.25, 0.3) is 0 Å². The number of aromatic nitrogens is 3. The summed E-state index contributed by atoms with van der Waals surface area (Å²) in [5, 5.41) is 4.83. The van der Waals surface area contributed by atoms with E-state index in [1.54, 1.807) is 14.2 Å². The number of nitrogens with zero attached hydrogens (tertiary/aromatic N) is 4. The lowest BCUT2D eigenvalue weighted by atomic mass is 10.2. The minimum absolute atomic E-state index is 0.588. The molecule has 7 heteroatoms. The molecule has 1 aliphatic rings. The lowest BCUT2D eigenvalue weighted by molar-refractivity contribution is 0.186. The van der Waals surface area contributed by atoms with E-state index in [-0.39, 0.29) is 0 Å². The zero-order valence-corrected chi connectivity index (χ0v) is 17.9. The van der Waals surface area contributed by atoms with E-state index in [0.29, 0.717) is 12.7 Å². The Morgan fingerprint density at radius 1 is 1.00 bits per heavy atom. The predicted molar refractivity (Wildman–Crippen MR) is 116 cm³/mol. The van der Waals surface area contributed by atoms with Crippen LogP contribution in [0.15, 0.2) is 48.5 Å². The quantitative estimate of drug-likeness (QED) is 0.519. The molecule has 0 unspecified atom stereocenters.